The SMILES string of the molecule is O=C(C[n+]1ccc(C(=O)c2ccc(F)cc2)cc1)NCc1ccccc1.[Br-]. The van der Waals surface area contributed by atoms with Gasteiger partial charge in [-0.25, -0.2) is 4.39 Å². The van der Waals surface area contributed by atoms with E-state index in [9.17, 15) is 14.0 Å². The van der Waals surface area contributed by atoms with Crippen molar-refractivity contribution in [2.24, 2.45) is 0 Å². The maximum Gasteiger partial charge on any atom is 0.286 e. The predicted molar refractivity (Wildman–Crippen MR) is 94.8 cm³/mol. The van der Waals surface area contributed by atoms with E-state index in [4.69, 9.17) is 0 Å². The van der Waals surface area contributed by atoms with Gasteiger partial charge in [-0.05, 0) is 29.8 Å². The summed E-state index contributed by atoms with van der Waals surface area (Å²) in [5.41, 5.74) is 1.94. The number of ketones is 1. The first kappa shape index (κ1) is 20.5. The molecule has 0 radical (unpaired) electrons. The third kappa shape index (κ3) is 5.82. The van der Waals surface area contributed by atoms with Gasteiger partial charge in [-0.3, -0.25) is 9.59 Å². The number of carbonyl (C=O) groups excluding carboxylic acids is 2. The first-order valence-electron chi connectivity index (χ1n) is 8.22. The van der Waals surface area contributed by atoms with Gasteiger partial charge >= 0.3 is 0 Å². The summed E-state index contributed by atoms with van der Waals surface area (Å²) in [4.78, 5) is 24.4. The molecule has 1 aromatic heterocycles. The fraction of sp³-hybridized carbons (Fsp3) is 0.0952. The monoisotopic (exact) mass is 428 g/mol. The normalized spacial score (nSPS) is 9.96. The van der Waals surface area contributed by atoms with Gasteiger partial charge in [0, 0.05) is 29.8 Å². The number of aromatic nitrogens is 1. The number of carbonyl (C=O) groups is 2. The van der Waals surface area contributed by atoms with Crippen LogP contribution in [0.1, 0.15) is 21.5 Å². The molecule has 0 aliphatic carbocycles. The Morgan fingerprint density at radius 1 is 0.852 bits per heavy atom. The summed E-state index contributed by atoms with van der Waals surface area (Å²) in [5, 5.41) is 2.85. The summed E-state index contributed by atoms with van der Waals surface area (Å²) in [6, 6.07) is 18.4. The maximum absolute atomic E-state index is 12.9. The van der Waals surface area contributed by atoms with Crippen LogP contribution in [0.3, 0.4) is 0 Å². The number of nitrogens with zero attached hydrogens (tertiary/aromatic N) is 1. The topological polar surface area (TPSA) is 50.0 Å². The van der Waals surface area contributed by atoms with E-state index in [1.165, 1.54) is 24.3 Å². The molecule has 0 saturated heterocycles. The van der Waals surface area contributed by atoms with Crippen LogP contribution >= 0.6 is 0 Å². The van der Waals surface area contributed by atoms with Crippen LogP contribution in [0.4, 0.5) is 4.39 Å². The van der Waals surface area contributed by atoms with Crippen molar-refractivity contribution in [2.75, 3.05) is 0 Å². The highest BCUT2D eigenvalue weighted by Crippen LogP contribution is 2.09. The van der Waals surface area contributed by atoms with Crippen LogP contribution in [0.25, 0.3) is 0 Å². The number of halogens is 2. The molecule has 0 unspecified atom stereocenters. The van der Waals surface area contributed by atoms with Gasteiger partial charge in [-0.2, -0.15) is 4.57 Å². The van der Waals surface area contributed by atoms with Crippen molar-refractivity contribution in [2.45, 2.75) is 13.1 Å². The molecule has 0 atom stereocenters. The van der Waals surface area contributed by atoms with E-state index in [1.54, 1.807) is 29.1 Å². The average Bonchev–Trinajstić information content (AvgIpc) is 2.68. The van der Waals surface area contributed by atoms with E-state index >= 15 is 0 Å². The Morgan fingerprint density at radius 2 is 1.44 bits per heavy atom. The van der Waals surface area contributed by atoms with Crippen LogP contribution in [-0.4, -0.2) is 11.7 Å². The van der Waals surface area contributed by atoms with Gasteiger partial charge in [-0.1, -0.05) is 30.3 Å². The highest BCUT2D eigenvalue weighted by atomic mass is 79.9. The van der Waals surface area contributed by atoms with E-state index < -0.39 is 0 Å². The lowest BCUT2D eigenvalue weighted by Crippen LogP contribution is -3.00. The fourth-order valence-corrected chi connectivity index (χ4v) is 2.50. The fourth-order valence-electron chi connectivity index (χ4n) is 2.50. The zero-order chi connectivity index (χ0) is 18.4. The van der Waals surface area contributed by atoms with E-state index in [0.29, 0.717) is 17.7 Å². The van der Waals surface area contributed by atoms with Crippen molar-refractivity contribution < 1.29 is 35.5 Å². The van der Waals surface area contributed by atoms with E-state index in [-0.39, 0.29) is 41.0 Å². The second-order valence-electron chi connectivity index (χ2n) is 5.86. The van der Waals surface area contributed by atoms with Crippen molar-refractivity contribution >= 4 is 11.7 Å². The van der Waals surface area contributed by atoms with Crippen LogP contribution in [0, 0.1) is 5.82 Å². The quantitative estimate of drug-likeness (QED) is 0.431. The molecule has 0 aliphatic rings. The minimum absolute atomic E-state index is 0. The third-order valence-corrected chi connectivity index (χ3v) is 3.92. The maximum atomic E-state index is 12.9. The molecule has 0 aliphatic heterocycles. The van der Waals surface area contributed by atoms with Gasteiger partial charge in [0.25, 0.3) is 5.91 Å². The molecule has 4 nitrogen and oxygen atoms in total. The smallest absolute Gasteiger partial charge is 0.286 e. The Kier molecular flexibility index (Phi) is 7.37. The van der Waals surface area contributed by atoms with Crippen LogP contribution in [0.15, 0.2) is 79.1 Å². The van der Waals surface area contributed by atoms with Crippen molar-refractivity contribution in [1.29, 1.82) is 0 Å². The molecular formula is C21H18BrFN2O2. The molecule has 0 spiro atoms. The third-order valence-electron chi connectivity index (χ3n) is 3.92. The summed E-state index contributed by atoms with van der Waals surface area (Å²) in [6.45, 7) is 0.638. The highest BCUT2D eigenvalue weighted by molar-refractivity contribution is 6.08. The molecule has 138 valence electrons. The molecule has 3 aromatic rings. The van der Waals surface area contributed by atoms with Gasteiger partial charge in [0.2, 0.25) is 6.54 Å². The van der Waals surface area contributed by atoms with Crippen molar-refractivity contribution in [3.63, 3.8) is 0 Å². The predicted octanol–water partition coefficient (Wildman–Crippen LogP) is -0.335. The van der Waals surface area contributed by atoms with Gasteiger partial charge in [0.15, 0.2) is 18.2 Å². The number of rotatable bonds is 6. The molecule has 0 fully saturated rings. The Bertz CT molecular complexity index is 898. The zero-order valence-corrected chi connectivity index (χ0v) is 16.0. The Balaban J connectivity index is 0.00000261. The largest absolute Gasteiger partial charge is 1.00 e. The Hall–Kier alpha value is -2.86. The van der Waals surface area contributed by atoms with Crippen LogP contribution < -0.4 is 26.9 Å². The van der Waals surface area contributed by atoms with Gasteiger partial charge < -0.3 is 22.3 Å². The summed E-state index contributed by atoms with van der Waals surface area (Å²) < 4.78 is 14.6. The van der Waals surface area contributed by atoms with Crippen LogP contribution in [-0.2, 0) is 17.9 Å². The van der Waals surface area contributed by atoms with E-state index in [0.717, 1.165) is 5.56 Å². The molecular weight excluding hydrogens is 411 g/mol. The molecule has 3 rings (SSSR count). The lowest BCUT2D eigenvalue weighted by Gasteiger charge is -2.04. The Morgan fingerprint density at radius 3 is 2.07 bits per heavy atom. The number of nitrogens with one attached hydrogen (secondary N) is 1. The van der Waals surface area contributed by atoms with Crippen LogP contribution in [0.2, 0.25) is 0 Å². The lowest BCUT2D eigenvalue weighted by atomic mass is 10.0. The number of amides is 1. The number of hydrogen-bond acceptors (Lipinski definition) is 2. The molecule has 1 N–H and O–H groups in total. The summed E-state index contributed by atoms with van der Waals surface area (Å²) in [7, 11) is 0. The molecule has 6 heteroatoms. The molecule has 0 saturated carbocycles. The zero-order valence-electron chi connectivity index (χ0n) is 14.4. The minimum Gasteiger partial charge on any atom is -1.00 e. The number of pyridine rings is 1. The molecule has 27 heavy (non-hydrogen) atoms. The second kappa shape index (κ2) is 9.73. The van der Waals surface area contributed by atoms with Crippen molar-refractivity contribution in [3.8, 4) is 0 Å². The lowest BCUT2D eigenvalue weighted by molar-refractivity contribution is -0.684. The minimum atomic E-state index is -0.381. The van der Waals surface area contributed by atoms with E-state index in [2.05, 4.69) is 5.32 Å². The number of hydrogen-bond donors (Lipinski definition) is 1. The molecule has 1 amide bonds. The Labute approximate surface area is 167 Å². The van der Waals surface area contributed by atoms with Crippen molar-refractivity contribution in [1.82, 2.24) is 5.32 Å². The highest BCUT2D eigenvalue weighted by Gasteiger charge is 2.13. The van der Waals surface area contributed by atoms with Gasteiger partial charge in [0.1, 0.15) is 5.82 Å². The van der Waals surface area contributed by atoms with Crippen LogP contribution in [0.5, 0.6) is 0 Å². The van der Waals surface area contributed by atoms with Crippen molar-refractivity contribution in [3.05, 3.63) is 102 Å². The molecule has 0 bridgehead atoms. The van der Waals surface area contributed by atoms with Gasteiger partial charge in [-0.15, -0.1) is 0 Å². The summed E-state index contributed by atoms with van der Waals surface area (Å²) >= 11 is 0. The first-order chi connectivity index (χ1) is 12.6. The summed E-state index contributed by atoms with van der Waals surface area (Å²) in [6.07, 6.45) is 3.36. The number of benzene rings is 2. The summed E-state index contributed by atoms with van der Waals surface area (Å²) in [5.74, 6) is -0.684. The standard InChI is InChI=1S/C21H17FN2O2.BrH/c22-19-8-6-17(7-9-19)21(26)18-10-12-24(13-11-18)15-20(25)23-14-16-4-2-1-3-5-16;/h1-13H,14-15H2;1H. The molecule has 2 aromatic carbocycles. The first-order valence-corrected chi connectivity index (χ1v) is 8.22. The second-order valence-corrected chi connectivity index (χ2v) is 5.86. The van der Waals surface area contributed by atoms with E-state index in [1.807, 2.05) is 30.3 Å². The molecule has 1 heterocycles. The average molecular weight is 429 g/mol. The van der Waals surface area contributed by atoms with Gasteiger partial charge in [0.05, 0.1) is 0 Å².